The van der Waals surface area contributed by atoms with Gasteiger partial charge in [-0.1, -0.05) is 13.3 Å². The van der Waals surface area contributed by atoms with Crippen LogP contribution in [0.25, 0.3) is 0 Å². The molecule has 122 valence electrons. The minimum absolute atomic E-state index is 0.302. The van der Waals surface area contributed by atoms with Crippen molar-refractivity contribution in [2.75, 3.05) is 11.9 Å². The molecular formula is C17H20N2O3S. The highest BCUT2D eigenvalue weighted by atomic mass is 32.1. The van der Waals surface area contributed by atoms with Crippen LogP contribution in [0.5, 0.6) is 0 Å². The van der Waals surface area contributed by atoms with Gasteiger partial charge in [0.05, 0.1) is 25.0 Å². The highest BCUT2D eigenvalue weighted by Gasteiger charge is 2.07. The van der Waals surface area contributed by atoms with Crippen LogP contribution in [0.2, 0.25) is 0 Å². The maximum Gasteiger partial charge on any atom is 0.338 e. The van der Waals surface area contributed by atoms with Gasteiger partial charge in [-0.25, -0.2) is 4.79 Å². The summed E-state index contributed by atoms with van der Waals surface area (Å²) in [7, 11) is 0. The van der Waals surface area contributed by atoms with Crippen LogP contribution >= 0.6 is 12.2 Å². The van der Waals surface area contributed by atoms with Crippen LogP contribution < -0.4 is 10.6 Å². The first-order chi connectivity index (χ1) is 11.2. The Labute approximate surface area is 141 Å². The Bertz CT molecular complexity index is 624. The zero-order chi connectivity index (χ0) is 16.5. The van der Waals surface area contributed by atoms with Gasteiger partial charge in [0.2, 0.25) is 0 Å². The number of furan rings is 1. The number of hydrogen-bond acceptors (Lipinski definition) is 4. The second-order valence-electron chi connectivity index (χ2n) is 4.95. The van der Waals surface area contributed by atoms with Crippen LogP contribution in [0.3, 0.4) is 0 Å². The molecule has 2 rings (SSSR count). The van der Waals surface area contributed by atoms with Crippen LogP contribution in [0.4, 0.5) is 5.69 Å². The maximum absolute atomic E-state index is 11.8. The number of nitrogens with one attached hydrogen (secondary N) is 2. The van der Waals surface area contributed by atoms with Crippen LogP contribution in [0, 0.1) is 0 Å². The summed E-state index contributed by atoms with van der Waals surface area (Å²) >= 11 is 5.21. The summed E-state index contributed by atoms with van der Waals surface area (Å²) in [6, 6.07) is 10.7. The van der Waals surface area contributed by atoms with E-state index in [9.17, 15) is 4.79 Å². The Kier molecular flexibility index (Phi) is 6.62. The Balaban J connectivity index is 1.79. The number of hydrogen-bond donors (Lipinski definition) is 2. The zero-order valence-corrected chi connectivity index (χ0v) is 13.8. The molecule has 0 atom stereocenters. The van der Waals surface area contributed by atoms with Gasteiger partial charge in [0.15, 0.2) is 5.11 Å². The monoisotopic (exact) mass is 332 g/mol. The predicted molar refractivity (Wildman–Crippen MR) is 93.4 cm³/mol. The fourth-order valence-electron chi connectivity index (χ4n) is 1.84. The highest BCUT2D eigenvalue weighted by molar-refractivity contribution is 7.80. The van der Waals surface area contributed by atoms with Gasteiger partial charge >= 0.3 is 5.97 Å². The molecule has 0 saturated carbocycles. The average molecular weight is 332 g/mol. The third-order valence-electron chi connectivity index (χ3n) is 3.11. The molecule has 23 heavy (non-hydrogen) atoms. The Morgan fingerprint density at radius 2 is 2.04 bits per heavy atom. The molecular weight excluding hydrogens is 312 g/mol. The van der Waals surface area contributed by atoms with Gasteiger partial charge in [-0.05, 0) is 55.0 Å². The largest absolute Gasteiger partial charge is 0.467 e. The second kappa shape index (κ2) is 8.95. The molecule has 2 aromatic rings. The van der Waals surface area contributed by atoms with Crippen molar-refractivity contribution in [2.45, 2.75) is 26.3 Å². The van der Waals surface area contributed by atoms with E-state index in [1.165, 1.54) is 0 Å². The van der Waals surface area contributed by atoms with E-state index in [-0.39, 0.29) is 5.97 Å². The molecule has 0 fully saturated rings. The summed E-state index contributed by atoms with van der Waals surface area (Å²) in [5.74, 6) is 0.503. The van der Waals surface area contributed by atoms with Crippen molar-refractivity contribution >= 4 is 29.0 Å². The van der Waals surface area contributed by atoms with Gasteiger partial charge in [-0.15, -0.1) is 0 Å². The molecule has 5 nitrogen and oxygen atoms in total. The summed E-state index contributed by atoms with van der Waals surface area (Å²) in [4.78, 5) is 11.8. The molecule has 0 aliphatic rings. The molecule has 0 spiro atoms. The molecule has 0 saturated heterocycles. The third-order valence-corrected chi connectivity index (χ3v) is 3.36. The summed E-state index contributed by atoms with van der Waals surface area (Å²) < 4.78 is 10.4. The van der Waals surface area contributed by atoms with E-state index in [4.69, 9.17) is 21.4 Å². The molecule has 0 bridgehead atoms. The van der Waals surface area contributed by atoms with Crippen molar-refractivity contribution < 1.29 is 13.9 Å². The third kappa shape index (κ3) is 5.75. The lowest BCUT2D eigenvalue weighted by atomic mass is 10.2. The summed E-state index contributed by atoms with van der Waals surface area (Å²) in [6.07, 6.45) is 3.49. The Hall–Kier alpha value is -2.34. The van der Waals surface area contributed by atoms with Crippen molar-refractivity contribution in [3.8, 4) is 0 Å². The first-order valence-corrected chi connectivity index (χ1v) is 7.94. The quantitative estimate of drug-likeness (QED) is 0.458. The topological polar surface area (TPSA) is 63.5 Å². The number of benzene rings is 1. The van der Waals surface area contributed by atoms with E-state index in [0.29, 0.717) is 23.8 Å². The van der Waals surface area contributed by atoms with E-state index >= 15 is 0 Å². The molecule has 0 unspecified atom stereocenters. The lowest BCUT2D eigenvalue weighted by Crippen LogP contribution is -2.27. The predicted octanol–water partition coefficient (Wildman–Crippen LogP) is 3.72. The number of thiocarbonyl (C=S) groups is 1. The minimum atomic E-state index is -0.302. The molecule has 0 aliphatic heterocycles. The SMILES string of the molecule is CCCCOC(=O)c1ccc(NC(=S)NCc2ccco2)cc1. The summed E-state index contributed by atoms with van der Waals surface area (Å²) in [5, 5.41) is 6.58. The van der Waals surface area contributed by atoms with E-state index < -0.39 is 0 Å². The molecule has 2 N–H and O–H groups in total. The Morgan fingerprint density at radius 3 is 2.70 bits per heavy atom. The number of carbonyl (C=O) groups excluding carboxylic acids is 1. The van der Waals surface area contributed by atoms with Gasteiger partial charge in [-0.2, -0.15) is 0 Å². The van der Waals surface area contributed by atoms with Gasteiger partial charge < -0.3 is 19.8 Å². The van der Waals surface area contributed by atoms with Gasteiger partial charge in [0.25, 0.3) is 0 Å². The molecule has 1 aromatic heterocycles. The van der Waals surface area contributed by atoms with Crippen molar-refractivity contribution in [1.29, 1.82) is 0 Å². The van der Waals surface area contributed by atoms with Gasteiger partial charge in [0, 0.05) is 5.69 Å². The summed E-state index contributed by atoms with van der Waals surface area (Å²) in [6.45, 7) is 3.02. The van der Waals surface area contributed by atoms with Crippen molar-refractivity contribution in [1.82, 2.24) is 5.32 Å². The number of carbonyl (C=O) groups is 1. The molecule has 0 aliphatic carbocycles. The first-order valence-electron chi connectivity index (χ1n) is 7.53. The number of rotatable bonds is 7. The van der Waals surface area contributed by atoms with E-state index in [1.807, 2.05) is 12.1 Å². The fourth-order valence-corrected chi connectivity index (χ4v) is 2.03. The standard InChI is InChI=1S/C17H20N2O3S/c1-2-3-10-22-16(20)13-6-8-14(9-7-13)19-17(23)18-12-15-5-4-11-21-15/h4-9,11H,2-3,10,12H2,1H3,(H2,18,19,23). The maximum atomic E-state index is 11.8. The lowest BCUT2D eigenvalue weighted by Gasteiger charge is -2.10. The number of unbranched alkanes of at least 4 members (excludes halogenated alkanes) is 1. The molecule has 0 amide bonds. The van der Waals surface area contributed by atoms with Crippen LogP contribution in [-0.4, -0.2) is 17.7 Å². The molecule has 1 heterocycles. The van der Waals surface area contributed by atoms with Crippen LogP contribution in [0.15, 0.2) is 47.1 Å². The average Bonchev–Trinajstić information content (AvgIpc) is 3.07. The van der Waals surface area contributed by atoms with Crippen molar-refractivity contribution in [2.24, 2.45) is 0 Å². The van der Waals surface area contributed by atoms with E-state index in [2.05, 4.69) is 17.6 Å². The number of ether oxygens (including phenoxy) is 1. The van der Waals surface area contributed by atoms with E-state index in [0.717, 1.165) is 24.3 Å². The van der Waals surface area contributed by atoms with Crippen molar-refractivity contribution in [3.63, 3.8) is 0 Å². The number of esters is 1. The molecule has 6 heteroatoms. The van der Waals surface area contributed by atoms with Crippen LogP contribution in [0.1, 0.15) is 35.9 Å². The normalized spacial score (nSPS) is 10.1. The zero-order valence-electron chi connectivity index (χ0n) is 13.0. The highest BCUT2D eigenvalue weighted by Crippen LogP contribution is 2.11. The minimum Gasteiger partial charge on any atom is -0.467 e. The fraction of sp³-hybridized carbons (Fsp3) is 0.294. The van der Waals surface area contributed by atoms with Crippen LogP contribution in [-0.2, 0) is 11.3 Å². The Morgan fingerprint density at radius 1 is 1.26 bits per heavy atom. The van der Waals surface area contributed by atoms with E-state index in [1.54, 1.807) is 30.5 Å². The molecule has 1 aromatic carbocycles. The van der Waals surface area contributed by atoms with Gasteiger partial charge in [-0.3, -0.25) is 0 Å². The van der Waals surface area contributed by atoms with Crippen molar-refractivity contribution in [3.05, 3.63) is 54.0 Å². The summed E-state index contributed by atoms with van der Waals surface area (Å²) in [5.41, 5.74) is 1.33. The second-order valence-corrected chi connectivity index (χ2v) is 5.36. The smallest absolute Gasteiger partial charge is 0.338 e. The number of anilines is 1. The lowest BCUT2D eigenvalue weighted by molar-refractivity contribution is 0.0500. The molecule has 0 radical (unpaired) electrons. The van der Waals surface area contributed by atoms with Gasteiger partial charge in [0.1, 0.15) is 5.76 Å². The first kappa shape index (κ1) is 17.0.